The first-order valence-electron chi connectivity index (χ1n) is 38.6. The summed E-state index contributed by atoms with van der Waals surface area (Å²) in [4.78, 5) is 72.6. The molecule has 0 aliphatic rings. The van der Waals surface area contributed by atoms with Gasteiger partial charge in [-0.25, -0.2) is 9.13 Å². The van der Waals surface area contributed by atoms with Crippen molar-refractivity contribution in [2.24, 2.45) is 5.92 Å². The van der Waals surface area contributed by atoms with E-state index >= 15 is 0 Å². The molecule has 2 unspecified atom stereocenters. The van der Waals surface area contributed by atoms with Crippen LogP contribution < -0.4 is 0 Å². The third-order valence-corrected chi connectivity index (χ3v) is 19.2. The van der Waals surface area contributed by atoms with E-state index in [0.29, 0.717) is 25.7 Å². The molecular weight excluding hydrogens is 1220 g/mol. The van der Waals surface area contributed by atoms with E-state index in [1.54, 1.807) is 0 Å². The van der Waals surface area contributed by atoms with Crippen LogP contribution in [-0.2, 0) is 65.4 Å². The molecule has 552 valence electrons. The van der Waals surface area contributed by atoms with Crippen LogP contribution in [0.2, 0.25) is 0 Å². The molecule has 0 aromatic carbocycles. The molecule has 0 aromatic heterocycles. The van der Waals surface area contributed by atoms with Crippen LogP contribution in [0.4, 0.5) is 0 Å². The molecule has 3 N–H and O–H groups in total. The van der Waals surface area contributed by atoms with E-state index in [4.69, 9.17) is 37.0 Å². The number of hydrogen-bond acceptors (Lipinski definition) is 15. The van der Waals surface area contributed by atoms with Gasteiger partial charge >= 0.3 is 39.5 Å². The molecule has 0 saturated heterocycles. The van der Waals surface area contributed by atoms with Gasteiger partial charge in [0.15, 0.2) is 12.2 Å². The van der Waals surface area contributed by atoms with Gasteiger partial charge in [-0.3, -0.25) is 37.3 Å². The van der Waals surface area contributed by atoms with Crippen LogP contribution in [0.1, 0.15) is 388 Å². The molecule has 0 aromatic rings. The van der Waals surface area contributed by atoms with Gasteiger partial charge in [0.2, 0.25) is 0 Å². The van der Waals surface area contributed by atoms with Crippen molar-refractivity contribution < 1.29 is 80.2 Å². The Labute approximate surface area is 568 Å². The Morgan fingerprint density at radius 1 is 0.290 bits per heavy atom. The first-order chi connectivity index (χ1) is 45.0. The molecule has 0 aliphatic carbocycles. The Morgan fingerprint density at radius 3 is 0.731 bits per heavy atom. The highest BCUT2D eigenvalue weighted by molar-refractivity contribution is 7.47. The Morgan fingerprint density at radius 2 is 0.495 bits per heavy atom. The first-order valence-corrected chi connectivity index (χ1v) is 41.6. The first kappa shape index (κ1) is 91.1. The molecule has 0 bridgehead atoms. The lowest BCUT2D eigenvalue weighted by atomic mass is 10.0. The van der Waals surface area contributed by atoms with Crippen LogP contribution in [0.5, 0.6) is 0 Å². The summed E-state index contributed by atoms with van der Waals surface area (Å²) in [6.07, 6.45) is 55.6. The van der Waals surface area contributed by atoms with E-state index in [1.807, 2.05) is 0 Å². The summed E-state index contributed by atoms with van der Waals surface area (Å²) in [5.41, 5.74) is 0. The van der Waals surface area contributed by atoms with Crippen molar-refractivity contribution in [2.75, 3.05) is 39.6 Å². The van der Waals surface area contributed by atoms with Gasteiger partial charge in [-0.15, -0.1) is 0 Å². The zero-order valence-corrected chi connectivity index (χ0v) is 62.2. The molecule has 0 amide bonds. The van der Waals surface area contributed by atoms with E-state index in [2.05, 4.69) is 34.6 Å². The lowest BCUT2D eigenvalue weighted by Gasteiger charge is -2.21. The van der Waals surface area contributed by atoms with Crippen molar-refractivity contribution in [3.05, 3.63) is 0 Å². The SMILES string of the molecule is CCCCCCCCCCCCCCCCCCCC(=O)OC[C@H](COP(=O)(O)OC[C@@H](O)COP(=O)(O)OC[C@@H](COC(=O)CCCCCCCCCC)OC(=O)CCCCCCCCCCC(C)C)OC(=O)CCCCCCCCCCCCCCCCCCC. The number of carbonyl (C=O) groups is 4. The number of esters is 4. The fourth-order valence-corrected chi connectivity index (χ4v) is 12.9. The molecule has 0 spiro atoms. The van der Waals surface area contributed by atoms with Crippen molar-refractivity contribution in [3.8, 4) is 0 Å². The second-order valence-corrected chi connectivity index (χ2v) is 30.1. The van der Waals surface area contributed by atoms with E-state index in [1.165, 1.54) is 205 Å². The number of ether oxygens (including phenoxy) is 4. The van der Waals surface area contributed by atoms with Gasteiger partial charge in [-0.05, 0) is 31.6 Å². The summed E-state index contributed by atoms with van der Waals surface area (Å²) in [6.45, 7) is 7.21. The highest BCUT2D eigenvalue weighted by Gasteiger charge is 2.30. The highest BCUT2D eigenvalue weighted by Crippen LogP contribution is 2.45. The van der Waals surface area contributed by atoms with Crippen molar-refractivity contribution in [1.29, 1.82) is 0 Å². The Kier molecular flexibility index (Phi) is 65.9. The van der Waals surface area contributed by atoms with E-state index in [0.717, 1.165) is 102 Å². The number of hydrogen-bond donors (Lipinski definition) is 3. The van der Waals surface area contributed by atoms with Crippen molar-refractivity contribution in [2.45, 2.75) is 406 Å². The Balaban J connectivity index is 5.20. The van der Waals surface area contributed by atoms with E-state index < -0.39 is 97.5 Å². The number of phosphoric ester groups is 2. The molecule has 0 radical (unpaired) electrons. The number of unbranched alkanes of at least 4 members (excludes halogenated alkanes) is 46. The monoisotopic (exact) mass is 1370 g/mol. The molecular formula is C74H144O17P2. The number of carbonyl (C=O) groups excluding carboxylic acids is 4. The maximum Gasteiger partial charge on any atom is 0.472 e. The van der Waals surface area contributed by atoms with Gasteiger partial charge in [0.05, 0.1) is 26.4 Å². The van der Waals surface area contributed by atoms with Crippen LogP contribution in [0.25, 0.3) is 0 Å². The number of phosphoric acid groups is 2. The predicted molar refractivity (Wildman–Crippen MR) is 377 cm³/mol. The van der Waals surface area contributed by atoms with Crippen LogP contribution in [-0.4, -0.2) is 96.7 Å². The molecule has 5 atom stereocenters. The lowest BCUT2D eigenvalue weighted by Crippen LogP contribution is -2.30. The number of aliphatic hydroxyl groups is 1. The molecule has 0 fully saturated rings. The second-order valence-electron chi connectivity index (χ2n) is 27.2. The molecule has 0 saturated carbocycles. The van der Waals surface area contributed by atoms with Gasteiger partial charge < -0.3 is 33.8 Å². The highest BCUT2D eigenvalue weighted by atomic mass is 31.2. The standard InChI is InChI=1S/C74H144O17P2/c1-6-9-12-15-18-21-23-25-27-29-31-33-35-37-43-48-53-58-72(77)85-64-70(90-73(78)59-54-49-44-38-36-34-32-30-28-26-24-22-19-16-13-10-7-2)66-89-93(82,83)87-62-68(75)61-86-92(80,81)88-65-69(63-84-71(76)57-52-47-42-20-17-14-11-8-3)91-74(79)60-55-50-45-40-39-41-46-51-56-67(4)5/h67-70,75H,6-66H2,1-5H3,(H,80,81)(H,82,83)/t68-,69+,70+/m0/s1. The third-order valence-electron chi connectivity index (χ3n) is 17.3. The number of aliphatic hydroxyl groups excluding tert-OH is 1. The van der Waals surface area contributed by atoms with Crippen molar-refractivity contribution in [3.63, 3.8) is 0 Å². The largest absolute Gasteiger partial charge is 0.472 e. The van der Waals surface area contributed by atoms with Crippen LogP contribution in [0, 0.1) is 5.92 Å². The molecule has 17 nitrogen and oxygen atoms in total. The van der Waals surface area contributed by atoms with Gasteiger partial charge in [-0.2, -0.15) is 0 Å². The van der Waals surface area contributed by atoms with Gasteiger partial charge in [-0.1, -0.05) is 336 Å². The predicted octanol–water partition coefficient (Wildman–Crippen LogP) is 21.7. The summed E-state index contributed by atoms with van der Waals surface area (Å²) in [5.74, 6) is -1.40. The van der Waals surface area contributed by atoms with E-state index in [-0.39, 0.29) is 25.7 Å². The molecule has 19 heteroatoms. The average Bonchev–Trinajstić information content (AvgIpc) is 3.07. The zero-order chi connectivity index (χ0) is 68.4. The summed E-state index contributed by atoms with van der Waals surface area (Å²) in [6, 6.07) is 0. The minimum absolute atomic E-state index is 0.105. The minimum atomic E-state index is -4.95. The Hall–Kier alpha value is -1.94. The Bertz CT molecular complexity index is 1790. The van der Waals surface area contributed by atoms with Crippen molar-refractivity contribution >= 4 is 39.5 Å². The molecule has 0 heterocycles. The van der Waals surface area contributed by atoms with Gasteiger partial charge in [0.25, 0.3) is 0 Å². The smallest absolute Gasteiger partial charge is 0.462 e. The summed E-state index contributed by atoms with van der Waals surface area (Å²) in [7, 11) is -9.90. The van der Waals surface area contributed by atoms with Gasteiger partial charge in [0, 0.05) is 25.7 Å². The summed E-state index contributed by atoms with van der Waals surface area (Å²) in [5, 5.41) is 10.6. The van der Waals surface area contributed by atoms with Crippen molar-refractivity contribution in [1.82, 2.24) is 0 Å². The molecule has 93 heavy (non-hydrogen) atoms. The van der Waals surface area contributed by atoms with Crippen LogP contribution in [0.15, 0.2) is 0 Å². The quantitative estimate of drug-likeness (QED) is 0.0222. The van der Waals surface area contributed by atoms with Crippen LogP contribution in [0.3, 0.4) is 0 Å². The average molecular weight is 1370 g/mol. The molecule has 0 aliphatic heterocycles. The summed E-state index contributed by atoms with van der Waals surface area (Å²) < 4.78 is 68.4. The maximum absolute atomic E-state index is 13.1. The number of rotatable bonds is 74. The normalized spacial score (nSPS) is 14.0. The maximum atomic E-state index is 13.1. The van der Waals surface area contributed by atoms with E-state index in [9.17, 15) is 43.2 Å². The fourth-order valence-electron chi connectivity index (χ4n) is 11.4. The third kappa shape index (κ3) is 68.4. The lowest BCUT2D eigenvalue weighted by molar-refractivity contribution is -0.161. The van der Waals surface area contributed by atoms with Crippen LogP contribution >= 0.6 is 15.6 Å². The van der Waals surface area contributed by atoms with Gasteiger partial charge in [0.1, 0.15) is 19.3 Å². The fraction of sp³-hybridized carbons (Fsp3) is 0.946. The zero-order valence-electron chi connectivity index (χ0n) is 60.4. The molecule has 0 rings (SSSR count). The second kappa shape index (κ2) is 67.3. The minimum Gasteiger partial charge on any atom is -0.462 e. The summed E-state index contributed by atoms with van der Waals surface area (Å²) >= 11 is 0. The topological polar surface area (TPSA) is 237 Å².